The second-order valence-electron chi connectivity index (χ2n) is 3.95. The first-order valence-electron chi connectivity index (χ1n) is 6.33. The number of aromatic nitrogens is 2. The predicted octanol–water partition coefficient (Wildman–Crippen LogP) is 3.32. The molecule has 0 N–H and O–H groups in total. The molecule has 0 spiro atoms. The number of rotatable bonds is 6. The van der Waals surface area contributed by atoms with Gasteiger partial charge in [-0.2, -0.15) is 4.98 Å². The van der Waals surface area contributed by atoms with Crippen LogP contribution in [0.4, 0.5) is 0 Å². The first-order chi connectivity index (χ1) is 9.26. The summed E-state index contributed by atoms with van der Waals surface area (Å²) in [6, 6.07) is 0. The van der Waals surface area contributed by atoms with E-state index in [0.717, 1.165) is 12.8 Å². The third-order valence-corrected chi connectivity index (χ3v) is 3.30. The molecule has 0 aliphatic rings. The van der Waals surface area contributed by atoms with E-state index in [1.807, 2.05) is 5.38 Å². The van der Waals surface area contributed by atoms with E-state index >= 15 is 0 Å². The maximum absolute atomic E-state index is 11.8. The van der Waals surface area contributed by atoms with Gasteiger partial charge in [0.2, 0.25) is 0 Å². The Hall–Kier alpha value is -1.69. The Morgan fingerprint density at radius 1 is 1.47 bits per heavy atom. The highest BCUT2D eigenvalue weighted by Crippen LogP contribution is 2.25. The molecule has 19 heavy (non-hydrogen) atoms. The van der Waals surface area contributed by atoms with Crippen LogP contribution in [-0.2, 0) is 11.2 Å². The first-order valence-corrected chi connectivity index (χ1v) is 7.20. The van der Waals surface area contributed by atoms with Gasteiger partial charge in [0.15, 0.2) is 10.7 Å². The standard InChI is InChI=1S/C13H16N2O3S/c1-3-5-6-9-10(13(16)17-4-2)15-11(18-9)12-14-7-8-19-12/h7-8H,3-6H2,1-2H3. The summed E-state index contributed by atoms with van der Waals surface area (Å²) in [6.45, 7) is 4.18. The number of oxazole rings is 1. The van der Waals surface area contributed by atoms with E-state index in [1.165, 1.54) is 11.3 Å². The Balaban J connectivity index is 2.30. The largest absolute Gasteiger partial charge is 0.461 e. The molecule has 0 aliphatic carbocycles. The molecule has 2 aromatic rings. The van der Waals surface area contributed by atoms with E-state index in [1.54, 1.807) is 13.1 Å². The number of aryl methyl sites for hydroxylation is 1. The molecule has 0 amide bonds. The number of nitrogens with zero attached hydrogens (tertiary/aromatic N) is 2. The Morgan fingerprint density at radius 3 is 2.95 bits per heavy atom. The van der Waals surface area contributed by atoms with Crippen LogP contribution in [0.3, 0.4) is 0 Å². The number of thiazole rings is 1. The number of hydrogen-bond donors (Lipinski definition) is 0. The molecule has 0 radical (unpaired) electrons. The van der Waals surface area contributed by atoms with Crippen LogP contribution < -0.4 is 0 Å². The zero-order valence-electron chi connectivity index (χ0n) is 11.0. The third kappa shape index (κ3) is 3.20. The number of unbranched alkanes of at least 4 members (excludes halogenated alkanes) is 1. The van der Waals surface area contributed by atoms with Crippen molar-refractivity contribution in [3.63, 3.8) is 0 Å². The predicted molar refractivity (Wildman–Crippen MR) is 72.2 cm³/mol. The van der Waals surface area contributed by atoms with Gasteiger partial charge in [-0.05, 0) is 13.3 Å². The molecule has 0 unspecified atom stereocenters. The first kappa shape index (κ1) is 13.7. The SMILES string of the molecule is CCCCc1oc(-c2nccs2)nc1C(=O)OCC. The summed E-state index contributed by atoms with van der Waals surface area (Å²) in [6.07, 6.45) is 4.33. The van der Waals surface area contributed by atoms with Crippen LogP contribution in [0.2, 0.25) is 0 Å². The molecular weight excluding hydrogens is 264 g/mol. The van der Waals surface area contributed by atoms with Crippen LogP contribution >= 0.6 is 11.3 Å². The highest BCUT2D eigenvalue weighted by atomic mass is 32.1. The molecule has 0 fully saturated rings. The molecule has 2 heterocycles. The summed E-state index contributed by atoms with van der Waals surface area (Å²) < 4.78 is 10.7. The normalized spacial score (nSPS) is 10.6. The Bertz CT molecular complexity index is 534. The number of ether oxygens (including phenoxy) is 1. The molecular formula is C13H16N2O3S. The minimum absolute atomic E-state index is 0.278. The molecule has 2 aromatic heterocycles. The van der Waals surface area contributed by atoms with Gasteiger partial charge in [0.25, 0.3) is 5.89 Å². The molecule has 0 saturated heterocycles. The van der Waals surface area contributed by atoms with Crippen LogP contribution in [-0.4, -0.2) is 22.5 Å². The summed E-state index contributed by atoms with van der Waals surface area (Å²) in [7, 11) is 0. The molecule has 0 bridgehead atoms. The van der Waals surface area contributed by atoms with Gasteiger partial charge >= 0.3 is 5.97 Å². The summed E-state index contributed by atoms with van der Waals surface area (Å²) in [5.41, 5.74) is 0.278. The van der Waals surface area contributed by atoms with Gasteiger partial charge in [-0.1, -0.05) is 13.3 Å². The van der Waals surface area contributed by atoms with Crippen molar-refractivity contribution < 1.29 is 13.9 Å². The minimum Gasteiger partial charge on any atom is -0.461 e. The highest BCUT2D eigenvalue weighted by Gasteiger charge is 2.22. The van der Waals surface area contributed by atoms with Gasteiger partial charge in [-0.25, -0.2) is 9.78 Å². The number of hydrogen-bond acceptors (Lipinski definition) is 6. The fourth-order valence-electron chi connectivity index (χ4n) is 1.64. The summed E-state index contributed by atoms with van der Waals surface area (Å²) in [4.78, 5) is 20.2. The van der Waals surface area contributed by atoms with E-state index in [-0.39, 0.29) is 5.69 Å². The lowest BCUT2D eigenvalue weighted by molar-refractivity contribution is 0.0517. The van der Waals surface area contributed by atoms with Crippen molar-refractivity contribution in [3.05, 3.63) is 23.0 Å². The van der Waals surface area contributed by atoms with Crippen LogP contribution in [0.25, 0.3) is 10.9 Å². The van der Waals surface area contributed by atoms with Crippen molar-refractivity contribution in [2.75, 3.05) is 6.61 Å². The van der Waals surface area contributed by atoms with Crippen molar-refractivity contribution >= 4 is 17.3 Å². The van der Waals surface area contributed by atoms with E-state index < -0.39 is 5.97 Å². The molecule has 0 aliphatic heterocycles. The van der Waals surface area contributed by atoms with Crippen molar-refractivity contribution in [2.45, 2.75) is 33.1 Å². The molecule has 2 rings (SSSR count). The van der Waals surface area contributed by atoms with Crippen molar-refractivity contribution in [3.8, 4) is 10.9 Å². The van der Waals surface area contributed by atoms with Crippen molar-refractivity contribution in [2.24, 2.45) is 0 Å². The lowest BCUT2D eigenvalue weighted by atomic mass is 10.2. The summed E-state index contributed by atoms with van der Waals surface area (Å²) in [5.74, 6) is 0.551. The van der Waals surface area contributed by atoms with E-state index in [9.17, 15) is 4.79 Å². The van der Waals surface area contributed by atoms with Crippen molar-refractivity contribution in [1.29, 1.82) is 0 Å². The van der Waals surface area contributed by atoms with Crippen LogP contribution in [0, 0.1) is 0 Å². The molecule has 0 saturated carbocycles. The van der Waals surface area contributed by atoms with Crippen LogP contribution in [0.1, 0.15) is 42.9 Å². The fourth-order valence-corrected chi connectivity index (χ4v) is 2.20. The van der Waals surface area contributed by atoms with Gasteiger partial charge in [0.05, 0.1) is 6.61 Å². The second kappa shape index (κ2) is 6.47. The van der Waals surface area contributed by atoms with Gasteiger partial charge in [-0.15, -0.1) is 11.3 Å². The Kier molecular flexibility index (Phi) is 4.68. The van der Waals surface area contributed by atoms with Crippen LogP contribution in [0.5, 0.6) is 0 Å². The quantitative estimate of drug-likeness (QED) is 0.759. The average molecular weight is 280 g/mol. The Labute approximate surface area is 115 Å². The highest BCUT2D eigenvalue weighted by molar-refractivity contribution is 7.12. The second-order valence-corrected chi connectivity index (χ2v) is 4.85. The lowest BCUT2D eigenvalue weighted by Gasteiger charge is -1.99. The zero-order valence-corrected chi connectivity index (χ0v) is 11.8. The summed E-state index contributed by atoms with van der Waals surface area (Å²) >= 11 is 1.43. The molecule has 5 nitrogen and oxygen atoms in total. The average Bonchev–Trinajstić information content (AvgIpc) is 3.05. The Morgan fingerprint density at radius 2 is 2.32 bits per heavy atom. The fraction of sp³-hybridized carbons (Fsp3) is 0.462. The van der Waals surface area contributed by atoms with Gasteiger partial charge in [-0.3, -0.25) is 0 Å². The van der Waals surface area contributed by atoms with E-state index in [2.05, 4.69) is 16.9 Å². The van der Waals surface area contributed by atoms with Gasteiger partial charge in [0, 0.05) is 18.0 Å². The number of carbonyl (C=O) groups is 1. The zero-order chi connectivity index (χ0) is 13.7. The minimum atomic E-state index is -0.430. The third-order valence-electron chi connectivity index (χ3n) is 2.54. The maximum atomic E-state index is 11.8. The van der Waals surface area contributed by atoms with E-state index in [0.29, 0.717) is 29.7 Å². The van der Waals surface area contributed by atoms with Crippen LogP contribution in [0.15, 0.2) is 16.0 Å². The number of esters is 1. The molecule has 6 heteroatoms. The number of carbonyl (C=O) groups excluding carboxylic acids is 1. The maximum Gasteiger partial charge on any atom is 0.360 e. The van der Waals surface area contributed by atoms with Gasteiger partial charge in [0.1, 0.15) is 5.76 Å². The molecule has 102 valence electrons. The molecule has 0 atom stereocenters. The van der Waals surface area contributed by atoms with E-state index in [4.69, 9.17) is 9.15 Å². The molecule has 0 aromatic carbocycles. The topological polar surface area (TPSA) is 65.2 Å². The lowest BCUT2D eigenvalue weighted by Crippen LogP contribution is -2.07. The van der Waals surface area contributed by atoms with Gasteiger partial charge < -0.3 is 9.15 Å². The monoisotopic (exact) mass is 280 g/mol. The smallest absolute Gasteiger partial charge is 0.360 e. The van der Waals surface area contributed by atoms with Crippen molar-refractivity contribution in [1.82, 2.24) is 9.97 Å². The summed E-state index contributed by atoms with van der Waals surface area (Å²) in [5, 5.41) is 2.52.